The highest BCUT2D eigenvalue weighted by Gasteiger charge is 2.34. The molecule has 1 N–H and O–H groups in total. The molecular weight excluding hydrogens is 417 g/mol. The molecule has 31 heavy (non-hydrogen) atoms. The Morgan fingerprint density at radius 3 is 2.32 bits per heavy atom. The molecule has 7 heteroatoms. The van der Waals surface area contributed by atoms with E-state index in [9.17, 15) is 14.0 Å². The van der Waals surface area contributed by atoms with E-state index in [1.165, 1.54) is 18.2 Å². The van der Waals surface area contributed by atoms with E-state index in [0.29, 0.717) is 27.5 Å². The number of aromatic nitrogens is 1. The minimum atomic E-state index is -0.304. The molecule has 0 saturated heterocycles. The molecule has 5 nitrogen and oxygen atoms in total. The zero-order chi connectivity index (χ0) is 22.4. The lowest BCUT2D eigenvalue weighted by atomic mass is 9.97. The average molecular weight is 440 g/mol. The lowest BCUT2D eigenvalue weighted by Gasteiger charge is -2.40. The summed E-state index contributed by atoms with van der Waals surface area (Å²) in [7, 11) is 0. The van der Waals surface area contributed by atoms with Crippen LogP contribution >= 0.6 is 11.6 Å². The highest BCUT2D eigenvalue weighted by Crippen LogP contribution is 2.41. The molecule has 2 heterocycles. The van der Waals surface area contributed by atoms with Gasteiger partial charge in [-0.2, -0.15) is 0 Å². The third-order valence-corrected chi connectivity index (χ3v) is 6.10. The summed E-state index contributed by atoms with van der Waals surface area (Å²) in [5.74, 6) is -0.431. The molecule has 0 spiro atoms. The first-order chi connectivity index (χ1) is 14.7. The van der Waals surface area contributed by atoms with Crippen molar-refractivity contribution in [2.24, 2.45) is 0 Å². The van der Waals surface area contributed by atoms with Gasteiger partial charge in [-0.15, -0.1) is 0 Å². The number of amides is 1. The number of hydrogen-bond acceptors (Lipinski definition) is 3. The molecule has 0 atom stereocenters. The smallest absolute Gasteiger partial charge is 0.262 e. The molecular formula is C24H23ClFN3O2. The number of anilines is 3. The summed E-state index contributed by atoms with van der Waals surface area (Å²) < 4.78 is 14.0. The van der Waals surface area contributed by atoms with Crippen LogP contribution in [0.2, 0.25) is 5.02 Å². The van der Waals surface area contributed by atoms with Gasteiger partial charge in [0.05, 0.1) is 16.9 Å². The van der Waals surface area contributed by atoms with Crippen molar-refractivity contribution in [3.8, 4) is 0 Å². The Hall–Kier alpha value is -3.12. The van der Waals surface area contributed by atoms with Gasteiger partial charge in [-0.25, -0.2) is 4.39 Å². The zero-order valence-corrected chi connectivity index (χ0v) is 18.5. The van der Waals surface area contributed by atoms with Gasteiger partial charge in [0.1, 0.15) is 12.5 Å². The van der Waals surface area contributed by atoms with Crippen molar-refractivity contribution in [2.45, 2.75) is 33.6 Å². The quantitative estimate of drug-likeness (QED) is 0.572. The van der Waals surface area contributed by atoms with E-state index in [0.717, 1.165) is 16.9 Å². The zero-order valence-electron chi connectivity index (χ0n) is 17.8. The molecule has 1 aliphatic rings. The predicted octanol–water partition coefficient (Wildman–Crippen LogP) is 5.66. The molecule has 1 aromatic heterocycles. The first-order valence-corrected chi connectivity index (χ1v) is 10.4. The first kappa shape index (κ1) is 21.1. The van der Waals surface area contributed by atoms with E-state index in [-0.39, 0.29) is 29.9 Å². The summed E-state index contributed by atoms with van der Waals surface area (Å²) in [4.78, 5) is 31.7. The van der Waals surface area contributed by atoms with Crippen molar-refractivity contribution in [3.63, 3.8) is 0 Å². The number of halogens is 2. The number of fused-ring (bicyclic) bond motifs is 1. The molecule has 160 valence electrons. The number of nitrogens with zero attached hydrogens (tertiary/aromatic N) is 2. The number of carbonyl (C=O) groups excluding carboxylic acids is 1. The Bertz CT molecular complexity index is 1250. The highest BCUT2D eigenvalue weighted by atomic mass is 35.5. The van der Waals surface area contributed by atoms with Crippen LogP contribution in [0.3, 0.4) is 0 Å². The van der Waals surface area contributed by atoms with Crippen molar-refractivity contribution in [1.29, 1.82) is 0 Å². The van der Waals surface area contributed by atoms with E-state index in [4.69, 9.17) is 11.6 Å². The maximum absolute atomic E-state index is 14.0. The fourth-order valence-corrected chi connectivity index (χ4v) is 4.23. The van der Waals surface area contributed by atoms with Crippen molar-refractivity contribution >= 4 is 34.6 Å². The SMILES string of the molecule is Cc1[nH]c(=O)ccc1N1CN(c2ccc(F)cc2C(C)C)c2ccc(Cl)c(C)c2C1=O. The Balaban J connectivity index is 1.97. The monoisotopic (exact) mass is 439 g/mol. The van der Waals surface area contributed by atoms with Gasteiger partial charge < -0.3 is 9.88 Å². The topological polar surface area (TPSA) is 56.4 Å². The van der Waals surface area contributed by atoms with Gasteiger partial charge in [0.15, 0.2) is 0 Å². The average Bonchev–Trinajstić information content (AvgIpc) is 2.71. The van der Waals surface area contributed by atoms with Gasteiger partial charge >= 0.3 is 0 Å². The second-order valence-electron chi connectivity index (χ2n) is 8.06. The number of nitrogens with one attached hydrogen (secondary N) is 1. The van der Waals surface area contributed by atoms with Crippen molar-refractivity contribution < 1.29 is 9.18 Å². The van der Waals surface area contributed by atoms with Crippen LogP contribution < -0.4 is 15.4 Å². The largest absolute Gasteiger partial charge is 0.324 e. The lowest BCUT2D eigenvalue weighted by Crippen LogP contribution is -2.46. The highest BCUT2D eigenvalue weighted by molar-refractivity contribution is 6.32. The number of hydrogen-bond donors (Lipinski definition) is 1. The number of aryl methyl sites for hydroxylation is 1. The van der Waals surface area contributed by atoms with Crippen LogP contribution in [0.15, 0.2) is 47.3 Å². The summed E-state index contributed by atoms with van der Waals surface area (Å²) in [6, 6.07) is 11.3. The summed E-state index contributed by atoms with van der Waals surface area (Å²) in [5.41, 5.74) is 4.50. The molecule has 0 aliphatic carbocycles. The minimum Gasteiger partial charge on any atom is -0.324 e. The van der Waals surface area contributed by atoms with Gasteiger partial charge in [-0.3, -0.25) is 14.5 Å². The number of pyridine rings is 1. The molecule has 0 saturated carbocycles. The van der Waals surface area contributed by atoms with Gasteiger partial charge in [0.25, 0.3) is 5.91 Å². The third-order valence-electron chi connectivity index (χ3n) is 5.69. The fourth-order valence-electron chi connectivity index (χ4n) is 4.07. The maximum Gasteiger partial charge on any atom is 0.262 e. The van der Waals surface area contributed by atoms with Crippen LogP contribution in [0.25, 0.3) is 0 Å². The minimum absolute atomic E-state index is 0.0726. The Labute approximate surface area is 185 Å². The standard InChI is InChI=1S/C24H23ClFN3O2/c1-13(2)17-11-16(26)5-7-20(17)28-12-29(19-9-10-22(30)27-15(19)4)24(31)23-14(3)18(25)6-8-21(23)28/h5-11,13H,12H2,1-4H3,(H,27,30). The molecule has 2 aromatic carbocycles. The van der Waals surface area contributed by atoms with Gasteiger partial charge in [0.2, 0.25) is 5.56 Å². The molecule has 0 radical (unpaired) electrons. The van der Waals surface area contributed by atoms with Crippen molar-refractivity contribution in [1.82, 2.24) is 4.98 Å². The van der Waals surface area contributed by atoms with Crippen molar-refractivity contribution in [3.05, 3.63) is 86.0 Å². The van der Waals surface area contributed by atoms with Crippen LogP contribution in [0.5, 0.6) is 0 Å². The maximum atomic E-state index is 14.0. The molecule has 0 unspecified atom stereocenters. The second kappa shape index (κ2) is 7.85. The van der Waals surface area contributed by atoms with Crippen LogP contribution in [0.4, 0.5) is 21.5 Å². The van der Waals surface area contributed by atoms with Crippen LogP contribution in [-0.4, -0.2) is 17.6 Å². The van der Waals surface area contributed by atoms with Gasteiger partial charge in [-0.05, 0) is 67.3 Å². The Morgan fingerprint density at radius 2 is 1.65 bits per heavy atom. The van der Waals surface area contributed by atoms with Crippen molar-refractivity contribution in [2.75, 3.05) is 16.5 Å². The second-order valence-corrected chi connectivity index (χ2v) is 8.47. The van der Waals surface area contributed by atoms with E-state index in [1.54, 1.807) is 30.0 Å². The number of rotatable bonds is 3. The van der Waals surface area contributed by atoms with Crippen LogP contribution in [-0.2, 0) is 0 Å². The number of aromatic amines is 1. The van der Waals surface area contributed by atoms with E-state index in [2.05, 4.69) is 4.98 Å². The molecule has 1 amide bonds. The van der Waals surface area contributed by atoms with Gasteiger partial charge in [-0.1, -0.05) is 25.4 Å². The number of H-pyrrole nitrogens is 1. The molecule has 3 aromatic rings. The molecule has 1 aliphatic heterocycles. The van der Waals surface area contributed by atoms with E-state index >= 15 is 0 Å². The summed E-state index contributed by atoms with van der Waals surface area (Å²) in [6.45, 7) is 7.79. The Morgan fingerprint density at radius 1 is 0.968 bits per heavy atom. The molecule has 4 rings (SSSR count). The first-order valence-electron chi connectivity index (χ1n) is 10.1. The van der Waals surface area contributed by atoms with Crippen LogP contribution in [0, 0.1) is 19.7 Å². The van der Waals surface area contributed by atoms with Crippen LogP contribution in [0.1, 0.15) is 46.9 Å². The normalized spacial score (nSPS) is 13.7. The summed E-state index contributed by atoms with van der Waals surface area (Å²) in [6.07, 6.45) is 0. The van der Waals surface area contributed by atoms with E-state index < -0.39 is 0 Å². The van der Waals surface area contributed by atoms with E-state index in [1.807, 2.05) is 31.7 Å². The lowest BCUT2D eigenvalue weighted by molar-refractivity contribution is 0.0982. The molecule has 0 bridgehead atoms. The third kappa shape index (κ3) is 3.61. The Kier molecular flexibility index (Phi) is 5.35. The van der Waals surface area contributed by atoms with Gasteiger partial charge in [0, 0.05) is 22.5 Å². The summed E-state index contributed by atoms with van der Waals surface area (Å²) >= 11 is 6.37. The fraction of sp³-hybridized carbons (Fsp3) is 0.250. The predicted molar refractivity (Wildman–Crippen MR) is 122 cm³/mol. The summed E-state index contributed by atoms with van der Waals surface area (Å²) in [5, 5.41) is 0.496. The number of benzene rings is 2. The number of carbonyl (C=O) groups is 1. The molecule has 0 fully saturated rings.